The highest BCUT2D eigenvalue weighted by Gasteiger charge is 2.51. The largest absolute Gasteiger partial charge is 0.429 e. The maximum atomic E-state index is 11.6. The summed E-state index contributed by atoms with van der Waals surface area (Å²) in [5.74, 6) is 0. The molecule has 23 heavy (non-hydrogen) atoms. The van der Waals surface area contributed by atoms with E-state index in [0.717, 1.165) is 18.0 Å². The van der Waals surface area contributed by atoms with Crippen LogP contribution < -0.4 is 0 Å². The van der Waals surface area contributed by atoms with Gasteiger partial charge in [0.25, 0.3) is 0 Å². The zero-order valence-electron chi connectivity index (χ0n) is 17.8. The highest BCUT2D eigenvalue weighted by Crippen LogP contribution is 2.44. The molecule has 4 unspecified atom stereocenters. The molecule has 0 bridgehead atoms. The maximum absolute atomic E-state index is 11.6. The Morgan fingerprint density at radius 1 is 0.957 bits per heavy atom. The summed E-state index contributed by atoms with van der Waals surface area (Å²) in [6.07, 6.45) is 3.37. The van der Waals surface area contributed by atoms with Crippen LogP contribution in [0.3, 0.4) is 0 Å². The molecule has 0 saturated carbocycles. The zero-order valence-corrected chi connectivity index (χ0v) is 20.8. The first-order valence-corrected chi connectivity index (χ1v) is 18.8. The highest BCUT2D eigenvalue weighted by atomic mass is 28.4. The van der Waals surface area contributed by atoms with E-state index in [9.17, 15) is 4.80 Å². The summed E-state index contributed by atoms with van der Waals surface area (Å²) in [4.78, 5) is 11.6. The van der Waals surface area contributed by atoms with Gasteiger partial charge in [-0.2, -0.15) is 0 Å². The van der Waals surface area contributed by atoms with Crippen LogP contribution in [-0.2, 0) is 4.43 Å². The van der Waals surface area contributed by atoms with Crippen LogP contribution in [0.25, 0.3) is 0 Å². The van der Waals surface area contributed by atoms with E-state index in [4.69, 9.17) is 4.43 Å². The normalized spacial score (nSPS) is 21.4. The van der Waals surface area contributed by atoms with E-state index in [2.05, 4.69) is 73.9 Å². The lowest BCUT2D eigenvalue weighted by Gasteiger charge is -2.48. The molecular formula is C18H44O2Si3. The molecule has 0 rings (SSSR count). The first-order valence-electron chi connectivity index (χ1n) is 9.59. The minimum absolute atomic E-state index is 0.315. The molecule has 0 amide bonds. The number of hydrogen-bond acceptors (Lipinski definition) is 2. The Labute approximate surface area is 149 Å². The van der Waals surface area contributed by atoms with Gasteiger partial charge in [0.1, 0.15) is 0 Å². The molecular weight excluding hydrogens is 332 g/mol. The highest BCUT2D eigenvalue weighted by molar-refractivity contribution is 6.83. The average molecular weight is 377 g/mol. The van der Waals surface area contributed by atoms with Gasteiger partial charge in [-0.3, -0.25) is 0 Å². The summed E-state index contributed by atoms with van der Waals surface area (Å²) >= 11 is 0. The van der Waals surface area contributed by atoms with Crippen LogP contribution in [0, 0.1) is 0 Å². The summed E-state index contributed by atoms with van der Waals surface area (Å²) in [5.41, 5.74) is 1.50. The fourth-order valence-electron chi connectivity index (χ4n) is 3.80. The quantitative estimate of drug-likeness (QED) is 0.447. The Bertz CT molecular complexity index is 364. The molecule has 0 saturated heterocycles. The van der Waals surface area contributed by atoms with Crippen molar-refractivity contribution in [2.75, 3.05) is 0 Å². The Balaban J connectivity index is 5.47. The van der Waals surface area contributed by atoms with Crippen LogP contribution in [0.2, 0.25) is 56.4 Å². The van der Waals surface area contributed by atoms with Crippen molar-refractivity contribution in [2.45, 2.75) is 116 Å². The third-order valence-electron chi connectivity index (χ3n) is 6.42. The van der Waals surface area contributed by atoms with Gasteiger partial charge in [-0.15, -0.1) is 0 Å². The van der Waals surface area contributed by atoms with Gasteiger partial charge in [-0.25, -0.2) is 0 Å². The third kappa shape index (κ3) is 6.10. The lowest BCUT2D eigenvalue weighted by Crippen LogP contribution is -2.61. The van der Waals surface area contributed by atoms with Gasteiger partial charge in [0.15, 0.2) is 8.32 Å². The predicted molar refractivity (Wildman–Crippen MR) is 113 cm³/mol. The van der Waals surface area contributed by atoms with E-state index in [1.54, 1.807) is 0 Å². The second kappa shape index (κ2) is 8.30. The van der Waals surface area contributed by atoms with Crippen LogP contribution >= 0.6 is 0 Å². The van der Waals surface area contributed by atoms with Crippen LogP contribution in [0.5, 0.6) is 0 Å². The van der Waals surface area contributed by atoms with Gasteiger partial charge >= 0.3 is 0 Å². The molecule has 140 valence electrons. The minimum Gasteiger partial charge on any atom is -0.429 e. The summed E-state index contributed by atoms with van der Waals surface area (Å²) < 4.78 is 6.55. The third-order valence-corrected chi connectivity index (χ3v) is 17.8. The van der Waals surface area contributed by atoms with Crippen LogP contribution in [0.4, 0.5) is 0 Å². The number of hydrogen-bond donors (Lipinski definition) is 1. The Kier molecular flexibility index (Phi) is 8.51. The fraction of sp³-hybridized carbons (Fsp3) is 1.00. The van der Waals surface area contributed by atoms with E-state index in [1.807, 2.05) is 0 Å². The lowest BCUT2D eigenvalue weighted by molar-refractivity contribution is 0.130. The molecule has 0 radical (unpaired) electrons. The SMILES string of the molecule is CCC(C)[Si](C)(C)C(CC)C[Si](C)(O)C(C)(CC)O[Si](C)(C)C. The van der Waals surface area contributed by atoms with Crippen molar-refractivity contribution in [3.8, 4) is 0 Å². The number of rotatable bonds is 10. The van der Waals surface area contributed by atoms with Gasteiger partial charge in [0.2, 0.25) is 8.32 Å². The minimum atomic E-state index is -2.47. The van der Waals surface area contributed by atoms with Crippen molar-refractivity contribution in [3.63, 3.8) is 0 Å². The van der Waals surface area contributed by atoms with Gasteiger partial charge in [0, 0.05) is 0 Å². The van der Waals surface area contributed by atoms with E-state index in [1.165, 1.54) is 12.8 Å². The molecule has 0 aliphatic carbocycles. The van der Waals surface area contributed by atoms with Crippen molar-refractivity contribution in [2.24, 2.45) is 0 Å². The molecule has 1 N–H and O–H groups in total. The van der Waals surface area contributed by atoms with Crippen molar-refractivity contribution < 1.29 is 9.22 Å². The Hall–Kier alpha value is 0.571. The van der Waals surface area contributed by atoms with Crippen molar-refractivity contribution in [1.82, 2.24) is 0 Å². The van der Waals surface area contributed by atoms with Gasteiger partial charge < -0.3 is 9.22 Å². The van der Waals surface area contributed by atoms with Crippen LogP contribution in [0.1, 0.15) is 53.9 Å². The van der Waals surface area contributed by atoms with E-state index in [-0.39, 0.29) is 5.22 Å². The monoisotopic (exact) mass is 376 g/mol. The first-order chi connectivity index (χ1) is 10.2. The summed E-state index contributed by atoms with van der Waals surface area (Å²) in [7, 11) is -5.51. The molecule has 4 atom stereocenters. The summed E-state index contributed by atoms with van der Waals surface area (Å²) in [5, 5.41) is -0.315. The van der Waals surface area contributed by atoms with Crippen LogP contribution in [0.15, 0.2) is 0 Å². The first kappa shape index (κ1) is 23.6. The topological polar surface area (TPSA) is 29.5 Å². The zero-order chi connectivity index (χ0) is 18.7. The van der Waals surface area contributed by atoms with E-state index in [0.29, 0.717) is 5.54 Å². The smallest absolute Gasteiger partial charge is 0.215 e. The van der Waals surface area contributed by atoms with Gasteiger partial charge in [-0.1, -0.05) is 53.6 Å². The van der Waals surface area contributed by atoms with Crippen molar-refractivity contribution >= 4 is 24.7 Å². The standard InChI is InChI=1S/C18H44O2Si3/c1-12-16(4)22(9,10)17(13-2)15-23(11,19)18(5,14-3)20-21(6,7)8/h16-17,19H,12-15H2,1-11H3. The predicted octanol–water partition coefficient (Wildman–Crippen LogP) is 6.40. The van der Waals surface area contributed by atoms with Gasteiger partial charge in [-0.05, 0) is 56.7 Å². The molecule has 5 heteroatoms. The second-order valence-corrected chi connectivity index (χ2v) is 23.4. The Morgan fingerprint density at radius 3 is 1.74 bits per heavy atom. The van der Waals surface area contributed by atoms with E-state index < -0.39 is 24.7 Å². The molecule has 2 nitrogen and oxygen atoms in total. The van der Waals surface area contributed by atoms with Crippen LogP contribution in [-0.4, -0.2) is 34.7 Å². The molecule has 0 aliphatic rings. The second-order valence-electron chi connectivity index (χ2n) is 9.51. The molecule has 0 aliphatic heterocycles. The average Bonchev–Trinajstić information content (AvgIpc) is 2.41. The maximum Gasteiger partial charge on any atom is 0.215 e. The summed E-state index contributed by atoms with van der Waals surface area (Å²) in [6, 6.07) is 1.00. The molecule has 0 aromatic heterocycles. The van der Waals surface area contributed by atoms with Crippen molar-refractivity contribution in [3.05, 3.63) is 0 Å². The van der Waals surface area contributed by atoms with E-state index >= 15 is 0 Å². The molecule has 0 aromatic carbocycles. The molecule has 0 fully saturated rings. The summed E-state index contributed by atoms with van der Waals surface area (Å²) in [6.45, 7) is 25.3. The van der Waals surface area contributed by atoms with Gasteiger partial charge in [0.05, 0.1) is 13.3 Å². The Morgan fingerprint density at radius 2 is 1.43 bits per heavy atom. The van der Waals surface area contributed by atoms with Crippen molar-refractivity contribution in [1.29, 1.82) is 0 Å². The molecule has 0 spiro atoms. The lowest BCUT2D eigenvalue weighted by atomic mass is 10.3. The molecule has 0 heterocycles. The fourth-order valence-corrected chi connectivity index (χ4v) is 15.7. The molecule has 0 aromatic rings.